The summed E-state index contributed by atoms with van der Waals surface area (Å²) >= 11 is 0. The lowest BCUT2D eigenvalue weighted by Crippen LogP contribution is -2.54. The summed E-state index contributed by atoms with van der Waals surface area (Å²) in [6.07, 6.45) is 1.35. The van der Waals surface area contributed by atoms with Gasteiger partial charge >= 0.3 is 0 Å². The SMILES string of the molecule is Cc1nc(N)ccc1CNC(=O)[C@H](CO)N1CC(Cc2ccccc2)CC1C(N)=O.Cl.Cl. The van der Waals surface area contributed by atoms with Crippen LogP contribution in [0.4, 0.5) is 5.82 Å². The van der Waals surface area contributed by atoms with Crippen LogP contribution < -0.4 is 16.8 Å². The van der Waals surface area contributed by atoms with E-state index in [-0.39, 0.29) is 43.2 Å². The molecule has 1 aliphatic heterocycles. The number of nitrogens with zero attached hydrogens (tertiary/aromatic N) is 2. The number of aliphatic hydroxyl groups is 1. The summed E-state index contributed by atoms with van der Waals surface area (Å²) < 4.78 is 0. The number of carbonyl (C=O) groups excluding carboxylic acids is 2. The van der Waals surface area contributed by atoms with Crippen molar-refractivity contribution in [3.8, 4) is 0 Å². The molecule has 2 aromatic rings. The molecule has 1 aliphatic rings. The number of amides is 2. The highest BCUT2D eigenvalue weighted by atomic mass is 35.5. The lowest BCUT2D eigenvalue weighted by Gasteiger charge is -2.29. The van der Waals surface area contributed by atoms with Crippen LogP contribution in [-0.4, -0.2) is 52.0 Å². The molecule has 3 rings (SSSR count). The Morgan fingerprint density at radius 2 is 1.91 bits per heavy atom. The first-order valence-corrected chi connectivity index (χ1v) is 10.1. The number of nitrogens with one attached hydrogen (secondary N) is 1. The van der Waals surface area contributed by atoms with Crippen molar-refractivity contribution in [2.75, 3.05) is 18.9 Å². The van der Waals surface area contributed by atoms with E-state index < -0.39 is 24.6 Å². The molecule has 2 heterocycles. The second-order valence-electron chi connectivity index (χ2n) is 7.80. The van der Waals surface area contributed by atoms with Crippen molar-refractivity contribution in [1.29, 1.82) is 0 Å². The standard InChI is InChI=1S/C22H29N5O3.2ClH/c1-14-17(7-8-20(23)26-14)11-25-22(30)19(13-28)27-12-16(10-18(27)21(24)29)9-15-5-3-2-4-6-15;;/h2-8,16,18-19,28H,9-13H2,1H3,(H2,23,26)(H2,24,29)(H,25,30);2*1H/t16?,18?,19-;;/m0../s1. The van der Waals surface area contributed by atoms with Gasteiger partial charge in [-0.05, 0) is 42.9 Å². The van der Waals surface area contributed by atoms with E-state index >= 15 is 0 Å². The van der Waals surface area contributed by atoms with Gasteiger partial charge in [-0.15, -0.1) is 24.8 Å². The van der Waals surface area contributed by atoms with Gasteiger partial charge in [-0.1, -0.05) is 36.4 Å². The van der Waals surface area contributed by atoms with Crippen LogP contribution >= 0.6 is 24.8 Å². The maximum atomic E-state index is 12.8. The number of hydrogen-bond acceptors (Lipinski definition) is 6. The van der Waals surface area contributed by atoms with Gasteiger partial charge in [0.05, 0.1) is 12.6 Å². The van der Waals surface area contributed by atoms with Gasteiger partial charge in [0.15, 0.2) is 0 Å². The Labute approximate surface area is 200 Å². The number of nitrogen functional groups attached to an aromatic ring is 1. The topological polar surface area (TPSA) is 135 Å². The Hall–Kier alpha value is -2.39. The van der Waals surface area contributed by atoms with Crippen LogP contribution in [0.2, 0.25) is 0 Å². The average Bonchev–Trinajstić information content (AvgIpc) is 3.12. The Balaban J connectivity index is 0.00000256. The van der Waals surface area contributed by atoms with Gasteiger partial charge in [0.1, 0.15) is 11.9 Å². The van der Waals surface area contributed by atoms with E-state index in [2.05, 4.69) is 10.3 Å². The first-order chi connectivity index (χ1) is 14.4. The molecule has 0 bridgehead atoms. The van der Waals surface area contributed by atoms with E-state index in [1.54, 1.807) is 11.0 Å². The molecule has 1 saturated heterocycles. The smallest absolute Gasteiger partial charge is 0.240 e. The molecular weight excluding hydrogens is 453 g/mol. The van der Waals surface area contributed by atoms with Crippen molar-refractivity contribution in [2.45, 2.75) is 38.4 Å². The molecule has 0 radical (unpaired) electrons. The summed E-state index contributed by atoms with van der Waals surface area (Å²) in [5.74, 6) is -0.229. The Morgan fingerprint density at radius 3 is 2.50 bits per heavy atom. The van der Waals surface area contributed by atoms with Gasteiger partial charge in [0.25, 0.3) is 0 Å². The molecule has 176 valence electrons. The van der Waals surface area contributed by atoms with Gasteiger partial charge in [-0.3, -0.25) is 14.5 Å². The van der Waals surface area contributed by atoms with E-state index in [4.69, 9.17) is 11.5 Å². The fourth-order valence-electron chi connectivity index (χ4n) is 4.11. The minimum absolute atomic E-state index is 0. The van der Waals surface area contributed by atoms with Crippen LogP contribution in [0, 0.1) is 12.8 Å². The third-order valence-corrected chi connectivity index (χ3v) is 5.67. The summed E-state index contributed by atoms with van der Waals surface area (Å²) in [6.45, 7) is 2.20. The molecule has 3 atom stereocenters. The van der Waals surface area contributed by atoms with E-state index in [1.807, 2.05) is 43.3 Å². The lowest BCUT2D eigenvalue weighted by atomic mass is 9.97. The molecule has 8 nitrogen and oxygen atoms in total. The number of aryl methyl sites for hydroxylation is 1. The van der Waals surface area contributed by atoms with E-state index in [1.165, 1.54) is 5.56 Å². The first kappa shape index (κ1) is 27.6. The van der Waals surface area contributed by atoms with Crippen molar-refractivity contribution >= 4 is 42.4 Å². The van der Waals surface area contributed by atoms with Crippen molar-refractivity contribution in [2.24, 2.45) is 11.7 Å². The van der Waals surface area contributed by atoms with Crippen molar-refractivity contribution in [1.82, 2.24) is 15.2 Å². The van der Waals surface area contributed by atoms with Crippen LogP contribution in [-0.2, 0) is 22.6 Å². The molecule has 10 heteroatoms. The van der Waals surface area contributed by atoms with Crippen molar-refractivity contribution in [3.63, 3.8) is 0 Å². The molecule has 0 aliphatic carbocycles. The molecule has 2 amide bonds. The number of pyridine rings is 1. The molecule has 0 saturated carbocycles. The van der Waals surface area contributed by atoms with Gasteiger partial charge in [-0.25, -0.2) is 4.98 Å². The number of aromatic nitrogens is 1. The maximum absolute atomic E-state index is 12.8. The van der Waals surface area contributed by atoms with Crippen LogP contribution in [0.3, 0.4) is 0 Å². The number of likely N-dealkylation sites (tertiary alicyclic amines) is 1. The van der Waals surface area contributed by atoms with Crippen LogP contribution in [0.25, 0.3) is 0 Å². The highest BCUT2D eigenvalue weighted by Crippen LogP contribution is 2.28. The molecule has 2 unspecified atom stereocenters. The van der Waals surface area contributed by atoms with Crippen molar-refractivity contribution in [3.05, 3.63) is 59.3 Å². The van der Waals surface area contributed by atoms with Gasteiger partial charge in [-0.2, -0.15) is 0 Å². The van der Waals surface area contributed by atoms with Gasteiger partial charge < -0.3 is 21.9 Å². The van der Waals surface area contributed by atoms with Gasteiger partial charge in [0.2, 0.25) is 11.8 Å². The number of benzene rings is 1. The highest BCUT2D eigenvalue weighted by molar-refractivity contribution is 5.86. The average molecular weight is 484 g/mol. The number of aliphatic hydroxyl groups excluding tert-OH is 1. The normalized spacial score (nSPS) is 18.8. The molecular formula is C22H31Cl2N5O3. The third-order valence-electron chi connectivity index (χ3n) is 5.67. The number of halogens is 2. The number of nitrogens with two attached hydrogens (primary N) is 2. The fraction of sp³-hybridized carbons (Fsp3) is 0.409. The molecule has 1 aromatic carbocycles. The minimum Gasteiger partial charge on any atom is -0.394 e. The second kappa shape index (κ2) is 12.6. The predicted octanol–water partition coefficient (Wildman–Crippen LogP) is 1.21. The second-order valence-corrected chi connectivity index (χ2v) is 7.80. The number of anilines is 1. The van der Waals surface area contributed by atoms with Crippen LogP contribution in [0.1, 0.15) is 23.2 Å². The van der Waals surface area contributed by atoms with Gasteiger partial charge in [0, 0.05) is 18.8 Å². The summed E-state index contributed by atoms with van der Waals surface area (Å²) in [4.78, 5) is 30.8. The number of carbonyl (C=O) groups is 2. The van der Waals surface area contributed by atoms with Crippen molar-refractivity contribution < 1.29 is 14.7 Å². The zero-order valence-electron chi connectivity index (χ0n) is 17.9. The maximum Gasteiger partial charge on any atom is 0.240 e. The zero-order valence-corrected chi connectivity index (χ0v) is 19.6. The Bertz CT molecular complexity index is 900. The number of primary amides is 1. The summed E-state index contributed by atoms with van der Waals surface area (Å²) in [7, 11) is 0. The van der Waals surface area contributed by atoms with Crippen LogP contribution in [0.5, 0.6) is 0 Å². The molecule has 1 fully saturated rings. The first-order valence-electron chi connectivity index (χ1n) is 10.1. The predicted molar refractivity (Wildman–Crippen MR) is 129 cm³/mol. The molecule has 0 spiro atoms. The van der Waals surface area contributed by atoms with E-state index in [9.17, 15) is 14.7 Å². The molecule has 6 N–H and O–H groups in total. The number of hydrogen-bond donors (Lipinski definition) is 4. The Kier molecular flexibility index (Phi) is 10.9. The molecule has 1 aromatic heterocycles. The van der Waals surface area contributed by atoms with Crippen LogP contribution in [0.15, 0.2) is 42.5 Å². The monoisotopic (exact) mass is 483 g/mol. The minimum atomic E-state index is -0.842. The summed E-state index contributed by atoms with van der Waals surface area (Å²) in [5.41, 5.74) is 14.0. The summed E-state index contributed by atoms with van der Waals surface area (Å²) in [5, 5.41) is 12.8. The highest BCUT2D eigenvalue weighted by Gasteiger charge is 2.41. The third kappa shape index (κ3) is 6.80. The Morgan fingerprint density at radius 1 is 1.22 bits per heavy atom. The van der Waals surface area contributed by atoms with E-state index in [0.29, 0.717) is 18.8 Å². The quantitative estimate of drug-likeness (QED) is 0.445. The zero-order chi connectivity index (χ0) is 21.7. The largest absolute Gasteiger partial charge is 0.394 e. The fourth-order valence-corrected chi connectivity index (χ4v) is 4.11. The van der Waals surface area contributed by atoms with E-state index in [0.717, 1.165) is 17.7 Å². The number of rotatable bonds is 8. The summed E-state index contributed by atoms with van der Waals surface area (Å²) in [6, 6.07) is 12.1. The molecule has 32 heavy (non-hydrogen) atoms. The lowest BCUT2D eigenvalue weighted by molar-refractivity contribution is -0.131.